The van der Waals surface area contributed by atoms with E-state index in [9.17, 15) is 18.4 Å². The van der Waals surface area contributed by atoms with Crippen LogP contribution in [0.3, 0.4) is 0 Å². The summed E-state index contributed by atoms with van der Waals surface area (Å²) < 4.78 is 30.3. The summed E-state index contributed by atoms with van der Waals surface area (Å²) in [7, 11) is 0. The van der Waals surface area contributed by atoms with Crippen LogP contribution < -0.4 is 11.1 Å². The van der Waals surface area contributed by atoms with E-state index in [4.69, 9.17) is 5.73 Å². The van der Waals surface area contributed by atoms with Gasteiger partial charge in [0.05, 0.1) is 18.1 Å². The van der Waals surface area contributed by atoms with Gasteiger partial charge in [0, 0.05) is 24.0 Å². The molecule has 0 spiro atoms. The molecule has 3 aromatic carbocycles. The van der Waals surface area contributed by atoms with Gasteiger partial charge in [-0.3, -0.25) is 9.59 Å². The second-order valence-corrected chi connectivity index (χ2v) is 9.82. The highest BCUT2D eigenvalue weighted by Crippen LogP contribution is 2.27. The van der Waals surface area contributed by atoms with Gasteiger partial charge in [0.1, 0.15) is 24.6 Å². The lowest BCUT2D eigenvalue weighted by molar-refractivity contribution is -0.139. The number of fused-ring (bicyclic) bond motifs is 1. The van der Waals surface area contributed by atoms with Crippen molar-refractivity contribution in [2.24, 2.45) is 5.73 Å². The number of nitrogens with two attached hydrogens (primary N) is 1. The maximum atomic E-state index is 14.6. The number of nitrogens with zero attached hydrogens (tertiary/aromatic N) is 2. The third-order valence-electron chi connectivity index (χ3n) is 7.15. The fraction of sp³-hybridized carbons (Fsp3) is 0.267. The number of hydrogen-bond acceptors (Lipinski definition) is 3. The molecule has 1 aliphatic heterocycles. The number of rotatable bonds is 7. The van der Waals surface area contributed by atoms with Crippen LogP contribution in [0.4, 0.5) is 8.78 Å². The number of likely N-dealkylation sites (tertiary alicyclic amines) is 1. The van der Waals surface area contributed by atoms with E-state index >= 15 is 0 Å². The Bertz CT molecular complexity index is 1440. The van der Waals surface area contributed by atoms with Crippen LogP contribution in [0.15, 0.2) is 85.1 Å². The van der Waals surface area contributed by atoms with E-state index in [1.165, 1.54) is 11.0 Å². The number of halogens is 2. The summed E-state index contributed by atoms with van der Waals surface area (Å²) in [5.41, 5.74) is 9.24. The summed E-state index contributed by atoms with van der Waals surface area (Å²) in [6, 6.07) is 21.9. The van der Waals surface area contributed by atoms with Crippen LogP contribution in [0.25, 0.3) is 10.9 Å². The zero-order chi connectivity index (χ0) is 26.8. The quantitative estimate of drug-likeness (QED) is 0.376. The van der Waals surface area contributed by atoms with Gasteiger partial charge in [-0.05, 0) is 41.8 Å². The van der Waals surface area contributed by atoms with Crippen molar-refractivity contribution in [2.45, 2.75) is 44.2 Å². The van der Waals surface area contributed by atoms with Gasteiger partial charge in [-0.1, -0.05) is 60.7 Å². The number of aromatic nitrogens is 1. The van der Waals surface area contributed by atoms with Crippen molar-refractivity contribution in [3.63, 3.8) is 0 Å². The summed E-state index contributed by atoms with van der Waals surface area (Å²) in [4.78, 5) is 28.1. The summed E-state index contributed by atoms with van der Waals surface area (Å²) in [5.74, 6) is -1.20. The van der Waals surface area contributed by atoms with Gasteiger partial charge in [0.25, 0.3) is 0 Å². The van der Waals surface area contributed by atoms with Crippen LogP contribution >= 0.6 is 0 Å². The average molecular weight is 517 g/mol. The molecular weight excluding hydrogens is 486 g/mol. The maximum absolute atomic E-state index is 14.6. The number of amides is 2. The molecule has 38 heavy (non-hydrogen) atoms. The topological polar surface area (TPSA) is 80.4 Å². The van der Waals surface area contributed by atoms with Gasteiger partial charge in [0.2, 0.25) is 11.8 Å². The third kappa shape index (κ3) is 5.17. The molecule has 0 bridgehead atoms. The Morgan fingerprint density at radius 1 is 0.974 bits per heavy atom. The van der Waals surface area contributed by atoms with E-state index < -0.39 is 30.1 Å². The predicted molar refractivity (Wildman–Crippen MR) is 142 cm³/mol. The minimum absolute atomic E-state index is 0.0796. The summed E-state index contributed by atoms with van der Waals surface area (Å²) >= 11 is 0. The number of benzene rings is 3. The highest BCUT2D eigenvalue weighted by Gasteiger charge is 2.40. The van der Waals surface area contributed by atoms with Crippen molar-refractivity contribution in [1.82, 2.24) is 14.8 Å². The summed E-state index contributed by atoms with van der Waals surface area (Å²) in [6.07, 6.45) is 0.235. The molecule has 5 rings (SSSR count). The molecule has 196 valence electrons. The van der Waals surface area contributed by atoms with Crippen LogP contribution in [0, 0.1) is 5.82 Å². The average Bonchev–Trinajstić information content (AvgIpc) is 3.52. The van der Waals surface area contributed by atoms with Crippen LogP contribution in [0.1, 0.15) is 42.1 Å². The fourth-order valence-corrected chi connectivity index (χ4v) is 5.10. The van der Waals surface area contributed by atoms with Gasteiger partial charge in [-0.2, -0.15) is 0 Å². The van der Waals surface area contributed by atoms with Crippen molar-refractivity contribution in [3.8, 4) is 0 Å². The molecule has 8 heteroatoms. The Morgan fingerprint density at radius 2 is 1.66 bits per heavy atom. The van der Waals surface area contributed by atoms with Crippen LogP contribution in [-0.4, -0.2) is 40.0 Å². The molecule has 1 aliphatic rings. The lowest BCUT2D eigenvalue weighted by Crippen LogP contribution is -2.47. The van der Waals surface area contributed by atoms with Crippen LogP contribution in [0.2, 0.25) is 0 Å². The standard InChI is InChI=1S/C30H30F2N4O2/c1-19(33)20-10-12-22(13-11-20)29(21-6-3-2-4-7-21)34-30(38)27-16-23(31)17-36(27)28(37)18-35-15-14-24-25(32)8-5-9-26(24)35/h2-15,19,23,27,29H,16-18,33H2,1H3,(H,34,38)/t19?,23-,27+,29+/m1/s1. The molecule has 1 unspecified atom stereocenters. The molecule has 3 N–H and O–H groups in total. The molecule has 1 aromatic heterocycles. The second kappa shape index (κ2) is 10.8. The molecule has 1 saturated heterocycles. The van der Waals surface area contributed by atoms with E-state index in [-0.39, 0.29) is 31.4 Å². The third-order valence-corrected chi connectivity index (χ3v) is 7.15. The second-order valence-electron chi connectivity index (χ2n) is 9.82. The SMILES string of the molecule is CC(N)c1ccc([C@@H](NC(=O)[C@@H]2C[C@@H](F)CN2C(=O)Cn2ccc3c(F)cccc32)c2ccccc2)cc1. The number of carbonyl (C=O) groups excluding carboxylic acids is 2. The van der Waals surface area contributed by atoms with E-state index in [0.29, 0.717) is 10.9 Å². The van der Waals surface area contributed by atoms with E-state index in [1.54, 1.807) is 29.0 Å². The Morgan fingerprint density at radius 3 is 2.37 bits per heavy atom. The zero-order valence-electron chi connectivity index (χ0n) is 21.1. The number of hydrogen-bond donors (Lipinski definition) is 2. The highest BCUT2D eigenvalue weighted by atomic mass is 19.1. The highest BCUT2D eigenvalue weighted by molar-refractivity contribution is 5.90. The summed E-state index contributed by atoms with van der Waals surface area (Å²) in [5, 5.41) is 3.46. The minimum atomic E-state index is -1.31. The van der Waals surface area contributed by atoms with Gasteiger partial charge in [-0.15, -0.1) is 0 Å². The Balaban J connectivity index is 1.37. The molecule has 4 atom stereocenters. The largest absolute Gasteiger partial charge is 0.343 e. The maximum Gasteiger partial charge on any atom is 0.243 e. The number of nitrogens with one attached hydrogen (secondary N) is 1. The molecule has 0 saturated carbocycles. The molecular formula is C30H30F2N4O2. The Kier molecular flexibility index (Phi) is 7.24. The van der Waals surface area contributed by atoms with Gasteiger partial charge in [-0.25, -0.2) is 8.78 Å². The van der Waals surface area contributed by atoms with Crippen molar-refractivity contribution < 1.29 is 18.4 Å². The first kappa shape index (κ1) is 25.6. The van der Waals surface area contributed by atoms with Gasteiger partial charge in [0.15, 0.2) is 0 Å². The van der Waals surface area contributed by atoms with Crippen molar-refractivity contribution in [2.75, 3.05) is 6.54 Å². The predicted octanol–water partition coefficient (Wildman–Crippen LogP) is 4.64. The lowest BCUT2D eigenvalue weighted by atomic mass is 9.96. The number of alkyl halides is 1. The minimum Gasteiger partial charge on any atom is -0.343 e. The van der Waals surface area contributed by atoms with E-state index in [2.05, 4.69) is 5.32 Å². The molecule has 1 fully saturated rings. The monoisotopic (exact) mass is 516 g/mol. The van der Waals surface area contributed by atoms with Crippen molar-refractivity contribution in [1.29, 1.82) is 0 Å². The molecule has 4 aromatic rings. The van der Waals surface area contributed by atoms with E-state index in [1.807, 2.05) is 61.5 Å². The van der Waals surface area contributed by atoms with Crippen molar-refractivity contribution in [3.05, 3.63) is 108 Å². The normalized spacial score (nSPS) is 18.9. The van der Waals surface area contributed by atoms with Crippen LogP contribution in [0.5, 0.6) is 0 Å². The molecule has 0 radical (unpaired) electrons. The van der Waals surface area contributed by atoms with Gasteiger partial charge >= 0.3 is 0 Å². The first-order valence-corrected chi connectivity index (χ1v) is 12.7. The first-order valence-electron chi connectivity index (χ1n) is 12.7. The molecule has 2 heterocycles. The smallest absolute Gasteiger partial charge is 0.243 e. The number of carbonyl (C=O) groups is 2. The van der Waals surface area contributed by atoms with Gasteiger partial charge < -0.3 is 20.5 Å². The van der Waals surface area contributed by atoms with Crippen molar-refractivity contribution >= 4 is 22.7 Å². The summed E-state index contributed by atoms with van der Waals surface area (Å²) in [6.45, 7) is 1.62. The molecule has 2 amide bonds. The van der Waals surface area contributed by atoms with Crippen LogP contribution in [-0.2, 0) is 16.1 Å². The fourth-order valence-electron chi connectivity index (χ4n) is 5.10. The Labute approximate surface area is 220 Å². The Hall–Kier alpha value is -4.04. The molecule has 0 aliphatic carbocycles. The first-order chi connectivity index (χ1) is 18.3. The lowest BCUT2D eigenvalue weighted by Gasteiger charge is -2.27. The molecule has 6 nitrogen and oxygen atoms in total. The zero-order valence-corrected chi connectivity index (χ0v) is 21.1. The van der Waals surface area contributed by atoms with E-state index in [0.717, 1.165) is 16.7 Å².